The van der Waals surface area contributed by atoms with E-state index in [0.717, 1.165) is 23.4 Å². The number of hydrogen-bond donors (Lipinski definition) is 2. The number of hydrogen-bond acceptors (Lipinski definition) is 3. The summed E-state index contributed by atoms with van der Waals surface area (Å²) in [6.45, 7) is 9.78. The molecule has 0 amide bonds. The molecule has 0 aliphatic carbocycles. The van der Waals surface area contributed by atoms with E-state index in [1.165, 1.54) is 0 Å². The molecule has 106 valence electrons. The van der Waals surface area contributed by atoms with Crippen molar-refractivity contribution < 1.29 is 4.74 Å². The molecule has 3 N–H and O–H groups in total. The highest BCUT2D eigenvalue weighted by molar-refractivity contribution is 7.80. The van der Waals surface area contributed by atoms with E-state index in [9.17, 15) is 0 Å². The Bertz CT molecular complexity index is 432. The molecule has 0 spiro atoms. The molecule has 4 heteroatoms. The first-order valence-corrected chi connectivity index (χ1v) is 7.11. The lowest BCUT2D eigenvalue weighted by atomic mass is 10.0. The zero-order chi connectivity index (χ0) is 14.4. The Morgan fingerprint density at radius 3 is 2.63 bits per heavy atom. The largest absolute Gasteiger partial charge is 0.389 e. The van der Waals surface area contributed by atoms with Crippen LogP contribution < -0.4 is 11.1 Å². The van der Waals surface area contributed by atoms with E-state index < -0.39 is 0 Å². The highest BCUT2D eigenvalue weighted by Crippen LogP contribution is 2.20. The zero-order valence-electron chi connectivity index (χ0n) is 12.2. The molecule has 19 heavy (non-hydrogen) atoms. The fourth-order valence-corrected chi connectivity index (χ4v) is 2.00. The lowest BCUT2D eigenvalue weighted by Gasteiger charge is -2.24. The van der Waals surface area contributed by atoms with Gasteiger partial charge >= 0.3 is 0 Å². The second-order valence-electron chi connectivity index (χ2n) is 5.07. The van der Waals surface area contributed by atoms with Gasteiger partial charge in [0, 0.05) is 17.9 Å². The van der Waals surface area contributed by atoms with Crippen molar-refractivity contribution in [3.63, 3.8) is 0 Å². The summed E-state index contributed by atoms with van der Waals surface area (Å²) in [5, 5.41) is 3.50. The molecule has 0 radical (unpaired) electrons. The molecule has 0 saturated heterocycles. The zero-order valence-corrected chi connectivity index (χ0v) is 13.0. The van der Waals surface area contributed by atoms with Crippen LogP contribution in [0.2, 0.25) is 0 Å². The fourth-order valence-electron chi connectivity index (χ4n) is 1.83. The number of rotatable bonds is 7. The highest BCUT2D eigenvalue weighted by Gasteiger charge is 2.15. The van der Waals surface area contributed by atoms with Gasteiger partial charge in [-0.1, -0.05) is 37.7 Å². The van der Waals surface area contributed by atoms with E-state index in [2.05, 4.69) is 25.2 Å². The molecule has 0 heterocycles. The molecule has 0 fully saturated rings. The molecule has 0 saturated carbocycles. The standard InChI is InChI=1S/C15H24N2OS/c1-5-18-9-14(10(2)3)17-13-7-6-11(4)8-12(13)15(16)19/h6-8,10,14,17H,5,9H2,1-4H3,(H2,16,19). The number of benzene rings is 1. The van der Waals surface area contributed by atoms with Crippen LogP contribution in [0.4, 0.5) is 5.69 Å². The minimum atomic E-state index is 0.246. The number of thiocarbonyl (C=S) groups is 1. The second-order valence-corrected chi connectivity index (χ2v) is 5.51. The summed E-state index contributed by atoms with van der Waals surface area (Å²) < 4.78 is 5.53. The van der Waals surface area contributed by atoms with Crippen LogP contribution in [0.25, 0.3) is 0 Å². The third-order valence-electron chi connectivity index (χ3n) is 3.09. The average Bonchev–Trinajstić information content (AvgIpc) is 2.35. The third-order valence-corrected chi connectivity index (χ3v) is 3.31. The summed E-state index contributed by atoms with van der Waals surface area (Å²) in [6, 6.07) is 6.35. The number of nitrogens with one attached hydrogen (secondary N) is 1. The highest BCUT2D eigenvalue weighted by atomic mass is 32.1. The average molecular weight is 280 g/mol. The molecule has 1 aromatic rings. The van der Waals surface area contributed by atoms with Gasteiger partial charge in [-0.2, -0.15) is 0 Å². The summed E-state index contributed by atoms with van der Waals surface area (Å²) in [7, 11) is 0. The van der Waals surface area contributed by atoms with Crippen molar-refractivity contribution in [3.8, 4) is 0 Å². The van der Waals surface area contributed by atoms with Gasteiger partial charge in [0.1, 0.15) is 4.99 Å². The van der Waals surface area contributed by atoms with Crippen LogP contribution in [-0.2, 0) is 4.74 Å². The van der Waals surface area contributed by atoms with E-state index in [4.69, 9.17) is 22.7 Å². The Hall–Kier alpha value is -1.13. The minimum Gasteiger partial charge on any atom is -0.389 e. The number of nitrogens with two attached hydrogens (primary N) is 1. The van der Waals surface area contributed by atoms with E-state index in [-0.39, 0.29) is 6.04 Å². The molecule has 1 unspecified atom stereocenters. The van der Waals surface area contributed by atoms with Crippen molar-refractivity contribution in [1.82, 2.24) is 0 Å². The van der Waals surface area contributed by atoms with Gasteiger partial charge in [-0.05, 0) is 31.9 Å². The minimum absolute atomic E-state index is 0.246. The van der Waals surface area contributed by atoms with E-state index in [0.29, 0.717) is 17.5 Å². The van der Waals surface area contributed by atoms with Crippen molar-refractivity contribution in [2.45, 2.75) is 33.7 Å². The van der Waals surface area contributed by atoms with Crippen molar-refractivity contribution >= 4 is 22.9 Å². The van der Waals surface area contributed by atoms with Crippen LogP contribution in [0.5, 0.6) is 0 Å². The smallest absolute Gasteiger partial charge is 0.106 e. The van der Waals surface area contributed by atoms with Gasteiger partial charge in [-0.25, -0.2) is 0 Å². The topological polar surface area (TPSA) is 47.3 Å². The molecule has 0 bridgehead atoms. The van der Waals surface area contributed by atoms with Crippen LogP contribution in [0.1, 0.15) is 31.9 Å². The van der Waals surface area contributed by atoms with Gasteiger partial charge < -0.3 is 15.8 Å². The molecule has 1 atom stereocenters. The number of aryl methyl sites for hydroxylation is 1. The molecule has 0 aliphatic rings. The van der Waals surface area contributed by atoms with Crippen LogP contribution in [0, 0.1) is 12.8 Å². The Balaban J connectivity index is 2.92. The van der Waals surface area contributed by atoms with Crippen molar-refractivity contribution in [3.05, 3.63) is 29.3 Å². The predicted octanol–water partition coefficient (Wildman–Crippen LogP) is 3.10. The third kappa shape index (κ3) is 4.80. The van der Waals surface area contributed by atoms with Gasteiger partial charge in [0.25, 0.3) is 0 Å². The first kappa shape index (κ1) is 15.9. The van der Waals surface area contributed by atoms with E-state index >= 15 is 0 Å². The molecule has 0 aromatic heterocycles. The summed E-state index contributed by atoms with van der Waals surface area (Å²) in [5.74, 6) is 0.465. The molecular weight excluding hydrogens is 256 g/mol. The Kier molecular flexibility index (Phi) is 6.25. The Morgan fingerprint density at radius 1 is 1.42 bits per heavy atom. The van der Waals surface area contributed by atoms with Crippen LogP contribution in [-0.4, -0.2) is 24.2 Å². The number of anilines is 1. The summed E-state index contributed by atoms with van der Waals surface area (Å²) in [4.78, 5) is 0.421. The number of ether oxygens (including phenoxy) is 1. The van der Waals surface area contributed by atoms with E-state index in [1.807, 2.05) is 26.0 Å². The summed E-state index contributed by atoms with van der Waals surface area (Å²) >= 11 is 5.12. The monoisotopic (exact) mass is 280 g/mol. The Morgan fingerprint density at radius 2 is 2.11 bits per heavy atom. The van der Waals surface area contributed by atoms with Crippen molar-refractivity contribution in [2.24, 2.45) is 11.7 Å². The SMILES string of the molecule is CCOCC(Nc1ccc(C)cc1C(N)=S)C(C)C. The predicted molar refractivity (Wildman–Crippen MR) is 85.8 cm³/mol. The van der Waals surface area contributed by atoms with Crippen LogP contribution in [0.3, 0.4) is 0 Å². The fraction of sp³-hybridized carbons (Fsp3) is 0.533. The lowest BCUT2D eigenvalue weighted by Crippen LogP contribution is -2.32. The van der Waals surface area contributed by atoms with Gasteiger partial charge in [0.2, 0.25) is 0 Å². The van der Waals surface area contributed by atoms with Gasteiger partial charge in [0.15, 0.2) is 0 Å². The van der Waals surface area contributed by atoms with Gasteiger partial charge in [-0.3, -0.25) is 0 Å². The maximum Gasteiger partial charge on any atom is 0.106 e. The maximum absolute atomic E-state index is 5.80. The lowest BCUT2D eigenvalue weighted by molar-refractivity contribution is 0.127. The molecule has 0 aliphatic heterocycles. The summed E-state index contributed by atoms with van der Waals surface area (Å²) in [5.41, 5.74) is 8.83. The van der Waals surface area contributed by atoms with Crippen molar-refractivity contribution in [2.75, 3.05) is 18.5 Å². The molecule has 3 nitrogen and oxygen atoms in total. The van der Waals surface area contributed by atoms with Gasteiger partial charge in [-0.15, -0.1) is 0 Å². The molecule has 1 aromatic carbocycles. The van der Waals surface area contributed by atoms with Gasteiger partial charge in [0.05, 0.1) is 12.6 Å². The molecular formula is C15H24N2OS. The Labute approximate surface area is 121 Å². The van der Waals surface area contributed by atoms with Crippen LogP contribution >= 0.6 is 12.2 Å². The molecule has 1 rings (SSSR count). The maximum atomic E-state index is 5.80. The first-order chi connectivity index (χ1) is 8.95. The van der Waals surface area contributed by atoms with Crippen LogP contribution in [0.15, 0.2) is 18.2 Å². The quantitative estimate of drug-likeness (QED) is 0.753. The van der Waals surface area contributed by atoms with E-state index in [1.54, 1.807) is 0 Å². The second kappa shape index (κ2) is 7.46. The van der Waals surface area contributed by atoms with Crippen molar-refractivity contribution in [1.29, 1.82) is 0 Å². The summed E-state index contributed by atoms with van der Waals surface area (Å²) in [6.07, 6.45) is 0. The first-order valence-electron chi connectivity index (χ1n) is 6.70. The normalized spacial score (nSPS) is 12.5.